The molecule has 4 nitrogen and oxygen atoms in total. The molecule has 2 aromatic rings. The van der Waals surface area contributed by atoms with Gasteiger partial charge in [-0.15, -0.1) is 0 Å². The molecule has 0 aliphatic rings. The van der Waals surface area contributed by atoms with Crippen LogP contribution >= 0.6 is 22.6 Å². The minimum Gasteiger partial charge on any atom is -0.325 e. The molecule has 0 fully saturated rings. The maximum absolute atomic E-state index is 12.9. The van der Waals surface area contributed by atoms with Crippen LogP contribution in [0.5, 0.6) is 0 Å². The van der Waals surface area contributed by atoms with Gasteiger partial charge in [0.25, 0.3) is 0 Å². The molecule has 0 radical (unpaired) electrons. The number of rotatable bonds is 4. The van der Waals surface area contributed by atoms with E-state index in [9.17, 15) is 17.6 Å². The van der Waals surface area contributed by atoms with Gasteiger partial charge in [0.1, 0.15) is 11.1 Å². The van der Waals surface area contributed by atoms with Crippen molar-refractivity contribution in [3.8, 4) is 0 Å². The summed E-state index contributed by atoms with van der Waals surface area (Å²) in [6, 6.07) is 11.4. The van der Waals surface area contributed by atoms with Crippen LogP contribution in [0.3, 0.4) is 0 Å². The first kappa shape index (κ1) is 16.9. The summed E-state index contributed by atoms with van der Waals surface area (Å²) < 4.78 is 38.6. The van der Waals surface area contributed by atoms with E-state index in [0.717, 1.165) is 27.8 Å². The highest BCUT2D eigenvalue weighted by atomic mass is 127. The van der Waals surface area contributed by atoms with Gasteiger partial charge in [0, 0.05) is 9.26 Å². The van der Waals surface area contributed by atoms with Crippen LogP contribution in [-0.4, -0.2) is 19.6 Å². The Morgan fingerprint density at radius 1 is 1.09 bits per heavy atom. The van der Waals surface area contributed by atoms with E-state index < -0.39 is 26.8 Å². The number of carbonyl (C=O) groups excluding carboxylic acids is 1. The summed E-state index contributed by atoms with van der Waals surface area (Å²) >= 11 is 2.13. The lowest BCUT2D eigenvalue weighted by Crippen LogP contribution is -2.32. The van der Waals surface area contributed by atoms with Crippen LogP contribution in [0.2, 0.25) is 0 Å². The molecule has 116 valence electrons. The molecule has 22 heavy (non-hydrogen) atoms. The summed E-state index contributed by atoms with van der Waals surface area (Å²) in [5.74, 6) is -1.17. The van der Waals surface area contributed by atoms with E-state index in [2.05, 4.69) is 27.9 Å². The Hall–Kier alpha value is -1.48. The molecule has 1 atom stereocenters. The highest BCUT2D eigenvalue weighted by Crippen LogP contribution is 2.18. The molecule has 0 aliphatic carbocycles. The first-order chi connectivity index (χ1) is 10.3. The lowest BCUT2D eigenvalue weighted by Gasteiger charge is -2.13. The average Bonchev–Trinajstić information content (AvgIpc) is 2.49. The minimum atomic E-state index is -3.86. The van der Waals surface area contributed by atoms with E-state index in [4.69, 9.17) is 0 Å². The molecular weight excluding hydrogens is 420 g/mol. The van der Waals surface area contributed by atoms with Crippen LogP contribution in [0.4, 0.5) is 10.1 Å². The molecular formula is C15H13FINO3S. The number of sulfone groups is 1. The first-order valence-electron chi connectivity index (χ1n) is 6.36. The largest absolute Gasteiger partial charge is 0.325 e. The zero-order chi connectivity index (χ0) is 16.3. The third-order valence-corrected chi connectivity index (χ3v) is 5.88. The summed E-state index contributed by atoms with van der Waals surface area (Å²) in [6.07, 6.45) is 0. The standard InChI is InChI=1S/C15H13FINO3S/c1-10(15(19)18-13-6-4-12(17)5-7-13)22(20,21)14-8-2-11(16)3-9-14/h2-10H,1H3,(H,18,19)/t10-/m0/s1. The second-order valence-corrected chi connectivity index (χ2v) is 8.15. The Bertz CT molecular complexity index is 773. The third kappa shape index (κ3) is 3.83. The van der Waals surface area contributed by atoms with Crippen molar-refractivity contribution < 1.29 is 17.6 Å². The van der Waals surface area contributed by atoms with Crippen molar-refractivity contribution in [2.75, 3.05) is 5.32 Å². The molecule has 0 heterocycles. The zero-order valence-electron chi connectivity index (χ0n) is 11.6. The van der Waals surface area contributed by atoms with Crippen molar-refractivity contribution in [2.45, 2.75) is 17.1 Å². The van der Waals surface area contributed by atoms with Gasteiger partial charge in [-0.25, -0.2) is 12.8 Å². The van der Waals surface area contributed by atoms with Crippen molar-refractivity contribution in [3.05, 3.63) is 57.9 Å². The number of hydrogen-bond acceptors (Lipinski definition) is 3. The van der Waals surface area contributed by atoms with Gasteiger partial charge in [0.15, 0.2) is 9.84 Å². The molecule has 0 spiro atoms. The summed E-state index contributed by atoms with van der Waals surface area (Å²) in [6.45, 7) is 1.31. The van der Waals surface area contributed by atoms with Gasteiger partial charge in [0.2, 0.25) is 5.91 Å². The number of hydrogen-bond donors (Lipinski definition) is 1. The number of nitrogens with one attached hydrogen (secondary N) is 1. The molecule has 1 N–H and O–H groups in total. The SMILES string of the molecule is C[C@@H](C(=O)Nc1ccc(I)cc1)S(=O)(=O)c1ccc(F)cc1. The molecule has 7 heteroatoms. The molecule has 0 saturated heterocycles. The lowest BCUT2D eigenvalue weighted by atomic mass is 10.3. The van der Waals surface area contributed by atoms with Gasteiger partial charge >= 0.3 is 0 Å². The number of benzene rings is 2. The van der Waals surface area contributed by atoms with Crippen molar-refractivity contribution >= 4 is 44.0 Å². The Labute approximate surface area is 141 Å². The van der Waals surface area contributed by atoms with Gasteiger partial charge in [-0.3, -0.25) is 4.79 Å². The fraction of sp³-hybridized carbons (Fsp3) is 0.133. The predicted octanol–water partition coefficient (Wildman–Crippen LogP) is 3.23. The van der Waals surface area contributed by atoms with Gasteiger partial charge < -0.3 is 5.32 Å². The van der Waals surface area contributed by atoms with Gasteiger partial charge in [-0.05, 0) is 78.0 Å². The number of carbonyl (C=O) groups is 1. The highest BCUT2D eigenvalue weighted by Gasteiger charge is 2.29. The van der Waals surface area contributed by atoms with Crippen LogP contribution in [0.1, 0.15) is 6.92 Å². The van der Waals surface area contributed by atoms with Crippen molar-refractivity contribution in [1.29, 1.82) is 0 Å². The third-order valence-electron chi connectivity index (χ3n) is 3.09. The second kappa shape index (κ2) is 6.74. The maximum Gasteiger partial charge on any atom is 0.242 e. The van der Waals surface area contributed by atoms with E-state index in [-0.39, 0.29) is 4.90 Å². The fourth-order valence-electron chi connectivity index (χ4n) is 1.75. The van der Waals surface area contributed by atoms with Gasteiger partial charge in [-0.1, -0.05) is 0 Å². The molecule has 0 saturated carbocycles. The summed E-state index contributed by atoms with van der Waals surface area (Å²) in [5, 5.41) is 1.28. The van der Waals surface area contributed by atoms with Crippen molar-refractivity contribution in [1.82, 2.24) is 0 Å². The zero-order valence-corrected chi connectivity index (χ0v) is 14.6. The molecule has 0 bridgehead atoms. The first-order valence-corrected chi connectivity index (χ1v) is 8.99. The average molecular weight is 433 g/mol. The monoisotopic (exact) mass is 433 g/mol. The van der Waals surface area contributed by atoms with E-state index in [1.807, 2.05) is 0 Å². The molecule has 0 aromatic heterocycles. The fourth-order valence-corrected chi connectivity index (χ4v) is 3.37. The topological polar surface area (TPSA) is 63.2 Å². The highest BCUT2D eigenvalue weighted by molar-refractivity contribution is 14.1. The van der Waals surface area contributed by atoms with Crippen LogP contribution < -0.4 is 5.32 Å². The molecule has 0 aliphatic heterocycles. The van der Waals surface area contributed by atoms with Gasteiger partial charge in [-0.2, -0.15) is 0 Å². The Morgan fingerprint density at radius 3 is 2.18 bits per heavy atom. The smallest absolute Gasteiger partial charge is 0.242 e. The van der Waals surface area contributed by atoms with Crippen LogP contribution in [0.15, 0.2) is 53.4 Å². The minimum absolute atomic E-state index is 0.0841. The molecule has 2 aromatic carbocycles. The van der Waals surface area contributed by atoms with Crippen molar-refractivity contribution in [2.24, 2.45) is 0 Å². The molecule has 2 rings (SSSR count). The maximum atomic E-state index is 12.9. The summed E-state index contributed by atoms with van der Waals surface area (Å²) in [5.41, 5.74) is 0.520. The van der Waals surface area contributed by atoms with E-state index in [1.165, 1.54) is 6.92 Å². The Kier molecular flexibility index (Phi) is 5.17. The quantitative estimate of drug-likeness (QED) is 0.595. The summed E-state index contributed by atoms with van der Waals surface area (Å²) in [4.78, 5) is 12.0. The number of halogens is 2. The van der Waals surface area contributed by atoms with Gasteiger partial charge in [0.05, 0.1) is 4.90 Å². The van der Waals surface area contributed by atoms with E-state index in [0.29, 0.717) is 5.69 Å². The van der Waals surface area contributed by atoms with Crippen LogP contribution in [-0.2, 0) is 14.6 Å². The summed E-state index contributed by atoms with van der Waals surface area (Å²) in [7, 11) is -3.86. The second-order valence-electron chi connectivity index (χ2n) is 4.64. The van der Waals surface area contributed by atoms with Crippen molar-refractivity contribution in [3.63, 3.8) is 0 Å². The molecule has 0 unspecified atom stereocenters. The van der Waals surface area contributed by atoms with E-state index in [1.54, 1.807) is 24.3 Å². The van der Waals surface area contributed by atoms with E-state index >= 15 is 0 Å². The Morgan fingerprint density at radius 2 is 1.64 bits per heavy atom. The molecule has 1 amide bonds. The number of anilines is 1. The number of amides is 1. The Balaban J connectivity index is 2.18. The normalized spacial score (nSPS) is 12.7. The predicted molar refractivity (Wildman–Crippen MR) is 90.8 cm³/mol. The van der Waals surface area contributed by atoms with Crippen LogP contribution in [0.25, 0.3) is 0 Å². The lowest BCUT2D eigenvalue weighted by molar-refractivity contribution is -0.115. The van der Waals surface area contributed by atoms with Crippen LogP contribution in [0, 0.1) is 9.39 Å².